The molecule has 0 aliphatic carbocycles. The second-order valence-electron chi connectivity index (χ2n) is 3.05. The summed E-state index contributed by atoms with van der Waals surface area (Å²) in [5.41, 5.74) is 1.53. The van der Waals surface area contributed by atoms with Crippen molar-refractivity contribution in [2.24, 2.45) is 7.05 Å². The van der Waals surface area contributed by atoms with Gasteiger partial charge in [0.05, 0.1) is 4.92 Å². The minimum absolute atomic E-state index is 0.0376. The van der Waals surface area contributed by atoms with E-state index in [1.807, 2.05) is 0 Å². The van der Waals surface area contributed by atoms with Crippen LogP contribution in [0.2, 0.25) is 0 Å². The molecule has 0 saturated heterocycles. The summed E-state index contributed by atoms with van der Waals surface area (Å²) < 4.78 is 0. The summed E-state index contributed by atoms with van der Waals surface area (Å²) in [4.78, 5) is 11.7. The van der Waals surface area contributed by atoms with Crippen LogP contribution in [0.4, 0.5) is 5.69 Å². The molecule has 2 aromatic rings. The van der Waals surface area contributed by atoms with Crippen LogP contribution >= 0.6 is 0 Å². The first kappa shape index (κ1) is 8.61. The molecule has 0 aliphatic rings. The van der Waals surface area contributed by atoms with Gasteiger partial charge in [-0.25, -0.2) is 0 Å². The predicted molar refractivity (Wildman–Crippen MR) is 49.9 cm³/mol. The van der Waals surface area contributed by atoms with E-state index in [0.29, 0.717) is 16.6 Å². The first-order chi connectivity index (χ1) is 6.59. The third-order valence-corrected chi connectivity index (χ3v) is 2.01. The molecular formula is C8H8N4O2. The Morgan fingerprint density at radius 1 is 1.43 bits per heavy atom. The zero-order valence-electron chi connectivity index (χ0n) is 7.76. The smallest absolute Gasteiger partial charge is 0.258 e. The Balaban J connectivity index is 2.88. The minimum atomic E-state index is -0.424. The van der Waals surface area contributed by atoms with Crippen molar-refractivity contribution in [2.75, 3.05) is 0 Å². The van der Waals surface area contributed by atoms with E-state index in [-0.39, 0.29) is 5.69 Å². The Labute approximate surface area is 79.3 Å². The molecule has 6 heteroatoms. The van der Waals surface area contributed by atoms with Crippen LogP contribution in [0.15, 0.2) is 12.1 Å². The molecule has 0 spiro atoms. The van der Waals surface area contributed by atoms with Crippen molar-refractivity contribution in [2.45, 2.75) is 6.92 Å². The molecule has 6 nitrogen and oxygen atoms in total. The Morgan fingerprint density at radius 3 is 2.79 bits per heavy atom. The van der Waals surface area contributed by atoms with Gasteiger partial charge in [0.1, 0.15) is 5.52 Å². The summed E-state index contributed by atoms with van der Waals surface area (Å²) >= 11 is 0. The van der Waals surface area contributed by atoms with Gasteiger partial charge in [0, 0.05) is 12.6 Å². The van der Waals surface area contributed by atoms with E-state index in [4.69, 9.17) is 0 Å². The van der Waals surface area contributed by atoms with Crippen molar-refractivity contribution in [3.63, 3.8) is 0 Å². The Hall–Kier alpha value is -1.98. The molecule has 1 aromatic heterocycles. The number of nitro benzene ring substituents is 1. The van der Waals surface area contributed by atoms with E-state index in [1.165, 1.54) is 4.80 Å². The number of fused-ring (bicyclic) bond motifs is 1. The van der Waals surface area contributed by atoms with Crippen LogP contribution in [0.5, 0.6) is 0 Å². The molecule has 1 aromatic carbocycles. The van der Waals surface area contributed by atoms with Crippen LogP contribution < -0.4 is 0 Å². The third-order valence-electron chi connectivity index (χ3n) is 2.01. The first-order valence-electron chi connectivity index (χ1n) is 4.04. The Kier molecular flexibility index (Phi) is 1.70. The number of aryl methyl sites for hydroxylation is 2. The van der Waals surface area contributed by atoms with Gasteiger partial charge in [0.25, 0.3) is 0 Å². The molecule has 0 amide bonds. The molecule has 72 valence electrons. The van der Waals surface area contributed by atoms with Crippen molar-refractivity contribution >= 4 is 16.7 Å². The summed E-state index contributed by atoms with van der Waals surface area (Å²) in [5.74, 6) is 0. The topological polar surface area (TPSA) is 73.8 Å². The lowest BCUT2D eigenvalue weighted by Crippen LogP contribution is -1.94. The van der Waals surface area contributed by atoms with Crippen molar-refractivity contribution in [3.05, 3.63) is 27.8 Å². The average molecular weight is 192 g/mol. The van der Waals surface area contributed by atoms with Crippen LogP contribution in [0.25, 0.3) is 11.0 Å². The number of rotatable bonds is 1. The zero-order chi connectivity index (χ0) is 10.3. The number of nitro groups is 1. The molecule has 1 heterocycles. The second-order valence-corrected chi connectivity index (χ2v) is 3.05. The van der Waals surface area contributed by atoms with Gasteiger partial charge >= 0.3 is 5.69 Å². The fourth-order valence-electron chi connectivity index (χ4n) is 1.40. The van der Waals surface area contributed by atoms with Gasteiger partial charge in [-0.15, -0.1) is 5.10 Å². The van der Waals surface area contributed by atoms with Gasteiger partial charge in [-0.2, -0.15) is 9.90 Å². The highest BCUT2D eigenvalue weighted by Gasteiger charge is 2.18. The lowest BCUT2D eigenvalue weighted by Gasteiger charge is -1.94. The SMILES string of the molecule is Cc1ccc2nn(C)nc2c1[N+](=O)[O-]. The third kappa shape index (κ3) is 1.12. The maximum absolute atomic E-state index is 10.8. The monoisotopic (exact) mass is 192 g/mol. The van der Waals surface area contributed by atoms with Crippen molar-refractivity contribution in [1.82, 2.24) is 15.0 Å². The summed E-state index contributed by atoms with van der Waals surface area (Å²) in [7, 11) is 1.64. The van der Waals surface area contributed by atoms with Gasteiger partial charge in [0.15, 0.2) is 5.52 Å². The number of benzene rings is 1. The van der Waals surface area contributed by atoms with E-state index in [9.17, 15) is 10.1 Å². The van der Waals surface area contributed by atoms with Gasteiger partial charge in [-0.3, -0.25) is 10.1 Å². The maximum Gasteiger partial charge on any atom is 0.301 e. The van der Waals surface area contributed by atoms with Gasteiger partial charge < -0.3 is 0 Å². The van der Waals surface area contributed by atoms with E-state index >= 15 is 0 Å². The highest BCUT2D eigenvalue weighted by molar-refractivity contribution is 5.85. The molecule has 0 N–H and O–H groups in total. The number of nitrogens with zero attached hydrogens (tertiary/aromatic N) is 4. The summed E-state index contributed by atoms with van der Waals surface area (Å²) in [6.07, 6.45) is 0. The molecule has 0 unspecified atom stereocenters. The second kappa shape index (κ2) is 2.76. The largest absolute Gasteiger partial charge is 0.301 e. The molecule has 0 bridgehead atoms. The lowest BCUT2D eigenvalue weighted by atomic mass is 10.2. The van der Waals surface area contributed by atoms with E-state index in [0.717, 1.165) is 0 Å². The molecule has 0 saturated carbocycles. The van der Waals surface area contributed by atoms with E-state index in [2.05, 4.69) is 10.2 Å². The number of hydrogen-bond acceptors (Lipinski definition) is 4. The summed E-state index contributed by atoms with van der Waals surface area (Å²) in [5, 5.41) is 18.7. The van der Waals surface area contributed by atoms with E-state index in [1.54, 1.807) is 26.1 Å². The van der Waals surface area contributed by atoms with Crippen LogP contribution in [0, 0.1) is 17.0 Å². The van der Waals surface area contributed by atoms with Crippen molar-refractivity contribution in [1.29, 1.82) is 0 Å². The van der Waals surface area contributed by atoms with Gasteiger partial charge in [0.2, 0.25) is 0 Å². The van der Waals surface area contributed by atoms with Crippen LogP contribution in [0.3, 0.4) is 0 Å². The first-order valence-corrected chi connectivity index (χ1v) is 4.04. The molecule has 0 radical (unpaired) electrons. The van der Waals surface area contributed by atoms with Crippen molar-refractivity contribution < 1.29 is 4.92 Å². The molecular weight excluding hydrogens is 184 g/mol. The fourth-order valence-corrected chi connectivity index (χ4v) is 1.40. The Morgan fingerprint density at radius 2 is 2.14 bits per heavy atom. The standard InChI is InChI=1S/C8H8N4O2/c1-5-3-4-6-7(8(5)12(13)14)10-11(2)9-6/h3-4H,1-2H3. The highest BCUT2D eigenvalue weighted by atomic mass is 16.6. The normalized spacial score (nSPS) is 10.7. The molecule has 14 heavy (non-hydrogen) atoms. The van der Waals surface area contributed by atoms with Gasteiger partial charge in [-0.05, 0) is 13.0 Å². The zero-order valence-corrected chi connectivity index (χ0v) is 7.76. The van der Waals surface area contributed by atoms with Crippen LogP contribution in [-0.4, -0.2) is 19.9 Å². The fraction of sp³-hybridized carbons (Fsp3) is 0.250. The van der Waals surface area contributed by atoms with Crippen molar-refractivity contribution in [3.8, 4) is 0 Å². The average Bonchev–Trinajstić information content (AvgIpc) is 2.43. The molecule has 0 fully saturated rings. The lowest BCUT2D eigenvalue weighted by molar-refractivity contribution is -0.383. The van der Waals surface area contributed by atoms with Gasteiger partial charge in [-0.1, -0.05) is 6.07 Å². The quantitative estimate of drug-likeness (QED) is 0.502. The van der Waals surface area contributed by atoms with Crippen LogP contribution in [-0.2, 0) is 7.05 Å². The Bertz CT molecular complexity index is 517. The highest BCUT2D eigenvalue weighted by Crippen LogP contribution is 2.25. The summed E-state index contributed by atoms with van der Waals surface area (Å²) in [6, 6.07) is 3.40. The predicted octanol–water partition coefficient (Wildman–Crippen LogP) is 1.18. The number of aromatic nitrogens is 3. The maximum atomic E-state index is 10.8. The summed E-state index contributed by atoms with van der Waals surface area (Å²) in [6.45, 7) is 1.69. The molecule has 0 atom stereocenters. The molecule has 2 rings (SSSR count). The van der Waals surface area contributed by atoms with E-state index < -0.39 is 4.92 Å². The minimum Gasteiger partial charge on any atom is -0.258 e. The molecule has 0 aliphatic heterocycles. The number of hydrogen-bond donors (Lipinski definition) is 0. The van der Waals surface area contributed by atoms with Crippen LogP contribution in [0.1, 0.15) is 5.56 Å².